The lowest BCUT2D eigenvalue weighted by Gasteiger charge is -2.20. The van der Waals surface area contributed by atoms with E-state index in [1.54, 1.807) is 0 Å². The van der Waals surface area contributed by atoms with Gasteiger partial charge >= 0.3 is 0 Å². The second-order valence-corrected chi connectivity index (χ2v) is 5.95. The molecule has 0 aliphatic carbocycles. The fourth-order valence-corrected chi connectivity index (χ4v) is 3.17. The van der Waals surface area contributed by atoms with Gasteiger partial charge in [-0.15, -0.1) is 0 Å². The van der Waals surface area contributed by atoms with E-state index in [-0.39, 0.29) is 0 Å². The van der Waals surface area contributed by atoms with Gasteiger partial charge in [0.1, 0.15) is 13.2 Å². The Labute approximate surface area is 125 Å². The van der Waals surface area contributed by atoms with E-state index in [9.17, 15) is 0 Å². The molecule has 1 heterocycles. The summed E-state index contributed by atoms with van der Waals surface area (Å²) in [5.74, 6) is 2.15. The first-order valence-corrected chi connectivity index (χ1v) is 7.89. The van der Waals surface area contributed by atoms with Crippen LogP contribution in [0.2, 0.25) is 0 Å². The molecule has 1 aliphatic heterocycles. The van der Waals surface area contributed by atoms with Crippen molar-refractivity contribution in [3.8, 4) is 11.5 Å². The van der Waals surface area contributed by atoms with E-state index in [4.69, 9.17) is 9.47 Å². The van der Waals surface area contributed by atoms with Gasteiger partial charge in [-0.05, 0) is 39.5 Å². The highest BCUT2D eigenvalue weighted by molar-refractivity contribution is 9.10. The zero-order valence-corrected chi connectivity index (χ0v) is 13.7. The average Bonchev–Trinajstić information content (AvgIpc) is 2.35. The van der Waals surface area contributed by atoms with Crippen molar-refractivity contribution in [1.29, 1.82) is 0 Å². The summed E-state index contributed by atoms with van der Waals surface area (Å²) < 4.78 is 12.2. The molecule has 0 saturated carbocycles. The van der Waals surface area contributed by atoms with Gasteiger partial charge in [-0.2, -0.15) is 0 Å². The number of allylic oxidation sites excluding steroid dienone is 1. The Hall–Kier alpha value is -0.480. The van der Waals surface area contributed by atoms with Crippen molar-refractivity contribution >= 4 is 37.9 Å². The molecular weight excluding hydrogens is 360 g/mol. The molecule has 2 rings (SSSR count). The number of fused-ring (bicyclic) bond motifs is 1. The van der Waals surface area contributed by atoms with Gasteiger partial charge in [0.15, 0.2) is 11.5 Å². The van der Waals surface area contributed by atoms with Crippen LogP contribution in [0.25, 0.3) is 6.08 Å². The lowest BCUT2D eigenvalue weighted by molar-refractivity contribution is 0.170. The van der Waals surface area contributed by atoms with Crippen molar-refractivity contribution in [3.05, 3.63) is 27.7 Å². The highest BCUT2D eigenvalue weighted by Gasteiger charge is 2.16. The maximum atomic E-state index is 5.62. The standard InChI is InChI=1S/C14H16Br2O2/c1-9(2)11(8-15)5-10-6-12(16)14-13(7-10)17-3-4-18-14/h5-7,9H,3-4,8H2,1-2H3. The fourth-order valence-electron chi connectivity index (χ4n) is 1.79. The van der Waals surface area contributed by atoms with E-state index in [0.29, 0.717) is 19.1 Å². The summed E-state index contributed by atoms with van der Waals surface area (Å²) in [6.07, 6.45) is 2.20. The molecule has 0 N–H and O–H groups in total. The third kappa shape index (κ3) is 3.09. The third-order valence-electron chi connectivity index (χ3n) is 2.87. The third-order valence-corrected chi connectivity index (χ3v) is 4.10. The Morgan fingerprint density at radius 1 is 1.33 bits per heavy atom. The molecule has 18 heavy (non-hydrogen) atoms. The Morgan fingerprint density at radius 3 is 2.72 bits per heavy atom. The first kappa shape index (κ1) is 13.9. The van der Waals surface area contributed by atoms with Crippen molar-refractivity contribution in [1.82, 2.24) is 0 Å². The van der Waals surface area contributed by atoms with Crippen molar-refractivity contribution in [2.75, 3.05) is 18.5 Å². The lowest BCUT2D eigenvalue weighted by Crippen LogP contribution is -2.15. The molecule has 1 aliphatic rings. The first-order valence-electron chi connectivity index (χ1n) is 5.97. The summed E-state index contributed by atoms with van der Waals surface area (Å²) in [7, 11) is 0. The van der Waals surface area contributed by atoms with E-state index in [2.05, 4.69) is 57.8 Å². The number of hydrogen-bond donors (Lipinski definition) is 0. The Bertz CT molecular complexity index is 467. The molecule has 98 valence electrons. The van der Waals surface area contributed by atoms with Crippen LogP contribution in [0.4, 0.5) is 0 Å². The molecule has 0 radical (unpaired) electrons. The lowest BCUT2D eigenvalue weighted by atomic mass is 10.0. The maximum Gasteiger partial charge on any atom is 0.175 e. The van der Waals surface area contributed by atoms with Gasteiger partial charge in [0.25, 0.3) is 0 Å². The predicted octanol–water partition coefficient (Wildman–Crippen LogP) is 4.65. The smallest absolute Gasteiger partial charge is 0.175 e. The minimum absolute atomic E-state index is 0.524. The largest absolute Gasteiger partial charge is 0.486 e. The van der Waals surface area contributed by atoms with Crippen LogP contribution in [0.3, 0.4) is 0 Å². The van der Waals surface area contributed by atoms with Gasteiger partial charge in [0.2, 0.25) is 0 Å². The summed E-state index contributed by atoms with van der Waals surface area (Å²) >= 11 is 7.07. The summed E-state index contributed by atoms with van der Waals surface area (Å²) in [4.78, 5) is 0. The van der Waals surface area contributed by atoms with Crippen LogP contribution in [0.1, 0.15) is 19.4 Å². The van der Waals surface area contributed by atoms with E-state index in [1.807, 2.05) is 6.07 Å². The Balaban J connectivity index is 2.38. The minimum Gasteiger partial charge on any atom is -0.486 e. The number of hydrogen-bond acceptors (Lipinski definition) is 2. The highest BCUT2D eigenvalue weighted by Crippen LogP contribution is 2.39. The molecule has 0 aromatic heterocycles. The van der Waals surface area contributed by atoms with E-state index < -0.39 is 0 Å². The molecule has 1 aromatic carbocycles. The molecule has 0 saturated heterocycles. The topological polar surface area (TPSA) is 18.5 Å². The second kappa shape index (κ2) is 6.11. The quantitative estimate of drug-likeness (QED) is 0.715. The van der Waals surface area contributed by atoms with Crippen LogP contribution in [0, 0.1) is 5.92 Å². The highest BCUT2D eigenvalue weighted by atomic mass is 79.9. The molecule has 0 fully saturated rings. The SMILES string of the molecule is CC(C)C(=Cc1cc(Br)c2c(c1)OCCO2)CBr. The molecular formula is C14H16Br2O2. The molecule has 0 unspecified atom stereocenters. The van der Waals surface area contributed by atoms with E-state index in [0.717, 1.165) is 26.9 Å². The van der Waals surface area contributed by atoms with Crippen LogP contribution in [0.15, 0.2) is 22.2 Å². The van der Waals surface area contributed by atoms with Gasteiger partial charge in [-0.1, -0.05) is 41.4 Å². The van der Waals surface area contributed by atoms with E-state index >= 15 is 0 Å². The second-order valence-electron chi connectivity index (χ2n) is 4.53. The molecule has 2 nitrogen and oxygen atoms in total. The zero-order chi connectivity index (χ0) is 13.1. The fraction of sp³-hybridized carbons (Fsp3) is 0.429. The summed E-state index contributed by atoms with van der Waals surface area (Å²) in [5, 5.41) is 0.886. The maximum absolute atomic E-state index is 5.62. The van der Waals surface area contributed by atoms with Crippen molar-refractivity contribution < 1.29 is 9.47 Å². The Morgan fingerprint density at radius 2 is 2.06 bits per heavy atom. The van der Waals surface area contributed by atoms with Crippen molar-refractivity contribution in [2.24, 2.45) is 5.92 Å². The number of ether oxygens (including phenoxy) is 2. The van der Waals surface area contributed by atoms with Gasteiger partial charge in [-0.25, -0.2) is 0 Å². The van der Waals surface area contributed by atoms with Gasteiger partial charge in [0, 0.05) is 5.33 Å². The molecule has 4 heteroatoms. The zero-order valence-electron chi connectivity index (χ0n) is 10.5. The number of alkyl halides is 1. The summed E-state index contributed by atoms with van der Waals surface area (Å²) in [5.41, 5.74) is 2.49. The van der Waals surface area contributed by atoms with E-state index in [1.165, 1.54) is 5.57 Å². The monoisotopic (exact) mass is 374 g/mol. The van der Waals surface area contributed by atoms with Crippen LogP contribution in [-0.2, 0) is 0 Å². The molecule has 0 spiro atoms. The number of rotatable bonds is 3. The van der Waals surface area contributed by atoms with Gasteiger partial charge in [-0.3, -0.25) is 0 Å². The van der Waals surface area contributed by atoms with Gasteiger partial charge in [0.05, 0.1) is 4.47 Å². The van der Waals surface area contributed by atoms with Crippen LogP contribution < -0.4 is 9.47 Å². The summed E-state index contributed by atoms with van der Waals surface area (Å²) in [6.45, 7) is 5.61. The Kier molecular flexibility index (Phi) is 4.73. The molecule has 1 aromatic rings. The van der Waals surface area contributed by atoms with Crippen molar-refractivity contribution in [3.63, 3.8) is 0 Å². The van der Waals surface area contributed by atoms with Crippen molar-refractivity contribution in [2.45, 2.75) is 13.8 Å². The van der Waals surface area contributed by atoms with Crippen LogP contribution in [0.5, 0.6) is 11.5 Å². The molecule has 0 bridgehead atoms. The average molecular weight is 376 g/mol. The minimum atomic E-state index is 0.524. The normalized spacial score (nSPS) is 15.1. The molecule has 0 atom stereocenters. The predicted molar refractivity (Wildman–Crippen MR) is 81.7 cm³/mol. The first-order chi connectivity index (χ1) is 8.61. The summed E-state index contributed by atoms with van der Waals surface area (Å²) in [6, 6.07) is 4.10. The molecule has 0 amide bonds. The van der Waals surface area contributed by atoms with Crippen LogP contribution in [-0.4, -0.2) is 18.5 Å². The van der Waals surface area contributed by atoms with Crippen LogP contribution >= 0.6 is 31.9 Å². The van der Waals surface area contributed by atoms with Gasteiger partial charge < -0.3 is 9.47 Å². The number of benzene rings is 1. The number of halogens is 2.